The van der Waals surface area contributed by atoms with Crippen LogP contribution < -0.4 is 4.90 Å². The molecule has 1 aliphatic heterocycles. The Morgan fingerprint density at radius 2 is 1.86 bits per heavy atom. The maximum Gasteiger partial charge on any atom is 0.156 e. The number of hydrogen-bond donors (Lipinski definition) is 1. The number of carbonyl (C=O) groups excluding carboxylic acids is 1. The lowest BCUT2D eigenvalue weighted by molar-refractivity contribution is -0.114. The fourth-order valence-corrected chi connectivity index (χ4v) is 8.38. The molecule has 0 aromatic heterocycles. The SMILES string of the molecule is CC#C[C@]1(O)[C@H](C)C[C@H]2[C@@H]3CCC4=CC(=O)CCC4=C3[C@@H](c3cc(F)c(N4CCC4)c(F)c3)C[C@@]21C. The van der Waals surface area contributed by atoms with E-state index in [1.165, 1.54) is 23.3 Å². The Balaban J connectivity index is 1.54. The number of halogens is 2. The molecule has 0 amide bonds. The van der Waals surface area contributed by atoms with Gasteiger partial charge >= 0.3 is 0 Å². The summed E-state index contributed by atoms with van der Waals surface area (Å²) in [5, 5.41) is 12.0. The molecule has 1 heterocycles. The molecule has 1 aromatic carbocycles. The van der Waals surface area contributed by atoms with Gasteiger partial charge in [-0.15, -0.1) is 5.92 Å². The van der Waals surface area contributed by atoms with E-state index in [0.29, 0.717) is 37.9 Å². The van der Waals surface area contributed by atoms with Gasteiger partial charge in [-0.3, -0.25) is 4.79 Å². The molecule has 3 fully saturated rings. The quantitative estimate of drug-likeness (QED) is 0.510. The van der Waals surface area contributed by atoms with E-state index < -0.39 is 22.7 Å². The lowest BCUT2D eigenvalue weighted by Crippen LogP contribution is -2.52. The molecule has 6 rings (SSSR count). The Hall–Kier alpha value is -2.45. The Bertz CT molecular complexity index is 1240. The van der Waals surface area contributed by atoms with E-state index in [2.05, 4.69) is 25.7 Å². The number of hydrogen-bond acceptors (Lipinski definition) is 3. The van der Waals surface area contributed by atoms with Crippen LogP contribution in [0.4, 0.5) is 14.5 Å². The Morgan fingerprint density at radius 1 is 1.14 bits per heavy atom. The van der Waals surface area contributed by atoms with E-state index in [9.17, 15) is 9.90 Å². The predicted molar refractivity (Wildman–Crippen MR) is 136 cm³/mol. The van der Waals surface area contributed by atoms with Crippen molar-refractivity contribution >= 4 is 11.5 Å². The number of allylic oxidation sites excluding steroid dienone is 4. The molecule has 6 atom stereocenters. The van der Waals surface area contributed by atoms with E-state index in [0.717, 1.165) is 31.3 Å². The zero-order chi connectivity index (χ0) is 25.4. The fraction of sp³-hybridized carbons (Fsp3) is 0.581. The summed E-state index contributed by atoms with van der Waals surface area (Å²) in [5.74, 6) is 5.57. The van der Waals surface area contributed by atoms with Gasteiger partial charge in [0.05, 0.1) is 0 Å². The standard InChI is InChI=1S/C31H35F2NO2/c1-4-10-31(36)18(2)13-25-23-8-6-19-14-21(35)7-9-22(19)28(23)24(17-30(25,31)3)20-15-26(32)29(27(33)16-20)34-11-5-12-34/h14-16,18,23-25,36H,5-9,11-13,17H2,1-3H3/t18-,23+,24-,25+,30+,31+/m1/s1. The molecule has 1 aromatic rings. The van der Waals surface area contributed by atoms with Crippen LogP contribution in [0.1, 0.15) is 77.2 Å². The molecule has 5 heteroatoms. The van der Waals surface area contributed by atoms with Crippen molar-refractivity contribution in [2.45, 2.75) is 77.2 Å². The molecule has 190 valence electrons. The minimum Gasteiger partial charge on any atom is -0.377 e. The number of rotatable bonds is 2. The van der Waals surface area contributed by atoms with Gasteiger partial charge in [0.2, 0.25) is 0 Å². The van der Waals surface area contributed by atoms with E-state index in [1.54, 1.807) is 17.9 Å². The number of benzene rings is 1. The maximum atomic E-state index is 15.4. The first-order valence-corrected chi connectivity index (χ1v) is 13.5. The highest BCUT2D eigenvalue weighted by Crippen LogP contribution is 2.68. The van der Waals surface area contributed by atoms with Crippen LogP contribution in [-0.2, 0) is 4.79 Å². The van der Waals surface area contributed by atoms with Crippen molar-refractivity contribution in [1.82, 2.24) is 0 Å². The van der Waals surface area contributed by atoms with E-state index in [4.69, 9.17) is 0 Å². The minimum absolute atomic E-state index is 0.0112. The zero-order valence-electron chi connectivity index (χ0n) is 21.5. The van der Waals surface area contributed by atoms with Crippen molar-refractivity contribution in [2.75, 3.05) is 18.0 Å². The molecule has 0 spiro atoms. The molecule has 0 radical (unpaired) electrons. The van der Waals surface area contributed by atoms with Gasteiger partial charge in [-0.05, 0) is 98.1 Å². The lowest BCUT2D eigenvalue weighted by atomic mass is 9.51. The molecule has 0 bridgehead atoms. The van der Waals surface area contributed by atoms with Gasteiger partial charge in [-0.2, -0.15) is 0 Å². The van der Waals surface area contributed by atoms with Crippen LogP contribution in [0, 0.1) is 46.6 Å². The highest BCUT2D eigenvalue weighted by Gasteiger charge is 2.65. The summed E-state index contributed by atoms with van der Waals surface area (Å²) < 4.78 is 30.8. The number of fused-ring (bicyclic) bond motifs is 4. The summed E-state index contributed by atoms with van der Waals surface area (Å²) >= 11 is 0. The monoisotopic (exact) mass is 491 g/mol. The highest BCUT2D eigenvalue weighted by atomic mass is 19.1. The molecular formula is C31H35F2NO2. The van der Waals surface area contributed by atoms with Gasteiger partial charge < -0.3 is 10.0 Å². The van der Waals surface area contributed by atoms with E-state index in [1.807, 2.05) is 0 Å². The molecule has 1 N–H and O–H groups in total. The molecule has 36 heavy (non-hydrogen) atoms. The second kappa shape index (κ2) is 8.28. The summed E-state index contributed by atoms with van der Waals surface area (Å²) in [6.07, 6.45) is 7.15. The first kappa shape index (κ1) is 23.9. The van der Waals surface area contributed by atoms with Crippen LogP contribution in [0.5, 0.6) is 0 Å². The third-order valence-electron chi connectivity index (χ3n) is 10.2. The van der Waals surface area contributed by atoms with Gasteiger partial charge in [0.1, 0.15) is 22.9 Å². The fourth-order valence-electron chi connectivity index (χ4n) is 8.38. The van der Waals surface area contributed by atoms with Crippen molar-refractivity contribution in [3.05, 3.63) is 52.1 Å². The molecule has 5 aliphatic rings. The van der Waals surface area contributed by atoms with Gasteiger partial charge in [0.25, 0.3) is 0 Å². The van der Waals surface area contributed by atoms with Crippen molar-refractivity contribution in [3.63, 3.8) is 0 Å². The van der Waals surface area contributed by atoms with Crippen LogP contribution >= 0.6 is 0 Å². The number of anilines is 1. The second-order valence-corrected chi connectivity index (χ2v) is 11.9. The summed E-state index contributed by atoms with van der Waals surface area (Å²) in [6, 6.07) is 3.06. The van der Waals surface area contributed by atoms with Crippen LogP contribution in [0.25, 0.3) is 0 Å². The Kier molecular flexibility index (Phi) is 5.50. The average Bonchev–Trinajstić information content (AvgIpc) is 2.99. The normalized spacial score (nSPS) is 37.3. The van der Waals surface area contributed by atoms with Gasteiger partial charge in [0, 0.05) is 30.8 Å². The topological polar surface area (TPSA) is 40.5 Å². The van der Waals surface area contributed by atoms with Crippen molar-refractivity contribution < 1.29 is 18.7 Å². The molecule has 4 aliphatic carbocycles. The molecule has 3 nitrogen and oxygen atoms in total. The van der Waals surface area contributed by atoms with Crippen LogP contribution in [0.2, 0.25) is 0 Å². The first-order chi connectivity index (χ1) is 17.2. The average molecular weight is 492 g/mol. The van der Waals surface area contributed by atoms with Gasteiger partial charge in [-0.25, -0.2) is 8.78 Å². The smallest absolute Gasteiger partial charge is 0.156 e. The second-order valence-electron chi connectivity index (χ2n) is 11.9. The third kappa shape index (κ3) is 3.23. The number of ketones is 1. The molecular weight excluding hydrogens is 456 g/mol. The van der Waals surface area contributed by atoms with E-state index in [-0.39, 0.29) is 35.1 Å². The Morgan fingerprint density at radius 3 is 2.50 bits per heavy atom. The molecule has 0 unspecified atom stereocenters. The molecule has 2 saturated carbocycles. The van der Waals surface area contributed by atoms with Gasteiger partial charge in [-0.1, -0.05) is 25.3 Å². The predicted octanol–water partition coefficient (Wildman–Crippen LogP) is 6.07. The summed E-state index contributed by atoms with van der Waals surface area (Å²) in [5.41, 5.74) is 2.69. The summed E-state index contributed by atoms with van der Waals surface area (Å²) in [4.78, 5) is 14.0. The van der Waals surface area contributed by atoms with E-state index >= 15 is 8.78 Å². The largest absolute Gasteiger partial charge is 0.377 e. The molecule has 1 saturated heterocycles. The highest BCUT2D eigenvalue weighted by molar-refractivity contribution is 5.93. The Labute approximate surface area is 212 Å². The van der Waals surface area contributed by atoms with Gasteiger partial charge in [0.15, 0.2) is 5.78 Å². The van der Waals surface area contributed by atoms with Crippen molar-refractivity contribution in [1.29, 1.82) is 0 Å². The third-order valence-corrected chi connectivity index (χ3v) is 10.2. The van der Waals surface area contributed by atoms with Crippen molar-refractivity contribution in [2.24, 2.45) is 23.2 Å². The number of carbonyl (C=O) groups is 1. The number of nitrogens with zero attached hydrogens (tertiary/aromatic N) is 1. The van der Waals surface area contributed by atoms with Crippen molar-refractivity contribution in [3.8, 4) is 11.8 Å². The van der Waals surface area contributed by atoms with Crippen LogP contribution in [0.15, 0.2) is 34.9 Å². The first-order valence-electron chi connectivity index (χ1n) is 13.5. The number of aliphatic hydroxyl groups is 1. The maximum absolute atomic E-state index is 15.4. The summed E-state index contributed by atoms with van der Waals surface area (Å²) in [7, 11) is 0. The van der Waals surface area contributed by atoms with Crippen LogP contribution in [0.3, 0.4) is 0 Å². The summed E-state index contributed by atoms with van der Waals surface area (Å²) in [6.45, 7) is 7.36. The minimum atomic E-state index is -1.14. The van der Waals surface area contributed by atoms with Crippen LogP contribution in [-0.4, -0.2) is 29.6 Å². The zero-order valence-corrected chi connectivity index (χ0v) is 21.5. The lowest BCUT2D eigenvalue weighted by Gasteiger charge is -2.54.